The second-order valence-corrected chi connectivity index (χ2v) is 3.67. The van der Waals surface area contributed by atoms with Crippen LogP contribution in [0.1, 0.15) is 35.6 Å². The molecule has 0 aliphatic carbocycles. The van der Waals surface area contributed by atoms with Crippen LogP contribution in [-0.2, 0) is 0 Å². The topological polar surface area (TPSA) is 34.9 Å². The highest BCUT2D eigenvalue weighted by molar-refractivity contribution is 5.73. The molecule has 96 valence electrons. The highest BCUT2D eigenvalue weighted by Gasteiger charge is 2.09. The highest BCUT2D eigenvalue weighted by atomic mass is 19.1. The predicted octanol–water partition coefficient (Wildman–Crippen LogP) is 3.47. The summed E-state index contributed by atoms with van der Waals surface area (Å²) < 4.78 is 14.5. The van der Waals surface area contributed by atoms with Crippen LogP contribution in [0.25, 0.3) is 5.69 Å². The first-order valence-corrected chi connectivity index (χ1v) is 5.90. The van der Waals surface area contributed by atoms with E-state index in [0.717, 1.165) is 23.2 Å². The molecule has 0 aliphatic rings. The lowest BCUT2D eigenvalue weighted by molar-refractivity contribution is 0.111. The van der Waals surface area contributed by atoms with Gasteiger partial charge in [0.1, 0.15) is 11.5 Å². The first-order chi connectivity index (χ1) is 8.61. The summed E-state index contributed by atoms with van der Waals surface area (Å²) in [6.07, 6.45) is 0.739. The van der Waals surface area contributed by atoms with Gasteiger partial charge in [-0.2, -0.15) is 5.10 Å². The van der Waals surface area contributed by atoms with Gasteiger partial charge < -0.3 is 0 Å². The lowest BCUT2D eigenvalue weighted by Crippen LogP contribution is -2.03. The molecule has 2 aromatic rings. The zero-order valence-electron chi connectivity index (χ0n) is 11.1. The maximum atomic E-state index is 13.0. The number of aromatic nitrogens is 2. The van der Waals surface area contributed by atoms with Crippen molar-refractivity contribution in [2.75, 3.05) is 0 Å². The summed E-state index contributed by atoms with van der Waals surface area (Å²) in [6.45, 7) is 7.59. The Balaban J connectivity index is 0.000000771. The zero-order valence-corrected chi connectivity index (χ0v) is 11.1. The van der Waals surface area contributed by atoms with E-state index in [4.69, 9.17) is 0 Å². The van der Waals surface area contributed by atoms with E-state index in [0.29, 0.717) is 5.69 Å². The molecule has 1 heterocycles. The van der Waals surface area contributed by atoms with Gasteiger partial charge in [-0.25, -0.2) is 9.07 Å². The lowest BCUT2D eigenvalue weighted by atomic mass is 10.2. The Morgan fingerprint density at radius 3 is 2.44 bits per heavy atom. The number of halogens is 1. The van der Waals surface area contributed by atoms with Crippen molar-refractivity contribution in [2.24, 2.45) is 0 Å². The average Bonchev–Trinajstić information content (AvgIpc) is 2.73. The van der Waals surface area contributed by atoms with Crippen LogP contribution in [0.2, 0.25) is 0 Å². The molecule has 0 saturated carbocycles. The predicted molar refractivity (Wildman–Crippen MR) is 69.7 cm³/mol. The average molecular weight is 248 g/mol. The number of hydrogen-bond donors (Lipinski definition) is 0. The Morgan fingerprint density at radius 1 is 1.22 bits per heavy atom. The third kappa shape index (κ3) is 2.83. The minimum absolute atomic E-state index is 0.294. The van der Waals surface area contributed by atoms with E-state index in [1.807, 2.05) is 20.8 Å². The molecular weight excluding hydrogens is 231 g/mol. The molecular formula is C14H17FN2O. The molecule has 0 unspecified atom stereocenters. The summed E-state index contributed by atoms with van der Waals surface area (Å²) in [7, 11) is 0. The third-order valence-electron chi connectivity index (χ3n) is 2.37. The zero-order chi connectivity index (χ0) is 13.7. The van der Waals surface area contributed by atoms with Crippen molar-refractivity contribution in [3.63, 3.8) is 0 Å². The standard InChI is InChI=1S/C12H11FN2O.C2H6/c1-8-5-10(13)3-4-12(8)15-11(7-16)6-9(2)14-15;1-2/h3-7H,1-2H3;1-2H3. The van der Waals surface area contributed by atoms with Crippen LogP contribution in [0.15, 0.2) is 24.3 Å². The molecule has 0 N–H and O–H groups in total. The summed E-state index contributed by atoms with van der Waals surface area (Å²) in [4.78, 5) is 10.9. The van der Waals surface area contributed by atoms with E-state index in [9.17, 15) is 9.18 Å². The van der Waals surface area contributed by atoms with Gasteiger partial charge in [0.25, 0.3) is 0 Å². The quantitative estimate of drug-likeness (QED) is 0.763. The fourth-order valence-corrected chi connectivity index (χ4v) is 1.65. The van der Waals surface area contributed by atoms with Gasteiger partial charge >= 0.3 is 0 Å². The second kappa shape index (κ2) is 6.10. The van der Waals surface area contributed by atoms with Gasteiger partial charge in [-0.05, 0) is 43.7 Å². The summed E-state index contributed by atoms with van der Waals surface area (Å²) >= 11 is 0. The first-order valence-electron chi connectivity index (χ1n) is 5.90. The largest absolute Gasteiger partial charge is 0.296 e. The van der Waals surface area contributed by atoms with Crippen molar-refractivity contribution >= 4 is 6.29 Å². The Kier molecular flexibility index (Phi) is 4.77. The van der Waals surface area contributed by atoms with Crippen LogP contribution in [0, 0.1) is 19.7 Å². The number of carbonyl (C=O) groups excluding carboxylic acids is 1. The number of aldehydes is 1. The van der Waals surface area contributed by atoms with Crippen LogP contribution < -0.4 is 0 Å². The van der Waals surface area contributed by atoms with Gasteiger partial charge in [0.15, 0.2) is 6.29 Å². The Hall–Kier alpha value is -1.97. The molecule has 0 spiro atoms. The fraction of sp³-hybridized carbons (Fsp3) is 0.286. The molecule has 0 fully saturated rings. The van der Waals surface area contributed by atoms with E-state index in [2.05, 4.69) is 5.10 Å². The maximum Gasteiger partial charge on any atom is 0.168 e. The molecule has 0 bridgehead atoms. The molecule has 0 aliphatic heterocycles. The number of aryl methyl sites for hydroxylation is 2. The summed E-state index contributed by atoms with van der Waals surface area (Å²) in [5.74, 6) is -0.294. The molecule has 0 amide bonds. The van der Waals surface area contributed by atoms with Gasteiger partial charge in [-0.3, -0.25) is 4.79 Å². The van der Waals surface area contributed by atoms with E-state index in [1.165, 1.54) is 16.8 Å². The Morgan fingerprint density at radius 2 is 1.89 bits per heavy atom. The number of benzene rings is 1. The normalized spacial score (nSPS) is 9.61. The van der Waals surface area contributed by atoms with Gasteiger partial charge in [0.2, 0.25) is 0 Å². The van der Waals surface area contributed by atoms with E-state index >= 15 is 0 Å². The van der Waals surface area contributed by atoms with Gasteiger partial charge in [-0.15, -0.1) is 0 Å². The molecule has 18 heavy (non-hydrogen) atoms. The van der Waals surface area contributed by atoms with Gasteiger partial charge in [-0.1, -0.05) is 13.8 Å². The molecule has 4 heteroatoms. The monoisotopic (exact) mass is 248 g/mol. The minimum atomic E-state index is -0.294. The Bertz CT molecular complexity index is 547. The van der Waals surface area contributed by atoms with Crippen molar-refractivity contribution in [2.45, 2.75) is 27.7 Å². The Labute approximate surface area is 106 Å². The smallest absolute Gasteiger partial charge is 0.168 e. The maximum absolute atomic E-state index is 13.0. The summed E-state index contributed by atoms with van der Waals surface area (Å²) in [5, 5.41) is 4.21. The number of rotatable bonds is 2. The molecule has 0 radical (unpaired) electrons. The molecule has 3 nitrogen and oxygen atoms in total. The van der Waals surface area contributed by atoms with Crippen molar-refractivity contribution in [3.05, 3.63) is 47.0 Å². The fourth-order valence-electron chi connectivity index (χ4n) is 1.65. The van der Waals surface area contributed by atoms with Crippen molar-refractivity contribution in [3.8, 4) is 5.69 Å². The van der Waals surface area contributed by atoms with Crippen LogP contribution >= 0.6 is 0 Å². The van der Waals surface area contributed by atoms with Gasteiger partial charge in [0, 0.05) is 0 Å². The SMILES string of the molecule is CC.Cc1cc(C=O)n(-c2ccc(F)cc2C)n1. The molecule has 1 aromatic carbocycles. The summed E-state index contributed by atoms with van der Waals surface area (Å²) in [6, 6.07) is 6.08. The molecule has 1 aromatic heterocycles. The van der Waals surface area contributed by atoms with Crippen LogP contribution in [0.3, 0.4) is 0 Å². The van der Waals surface area contributed by atoms with Crippen molar-refractivity contribution < 1.29 is 9.18 Å². The number of hydrogen-bond acceptors (Lipinski definition) is 2. The number of carbonyl (C=O) groups is 1. The molecule has 0 atom stereocenters. The lowest BCUT2D eigenvalue weighted by Gasteiger charge is -2.07. The van der Waals surface area contributed by atoms with Gasteiger partial charge in [0.05, 0.1) is 11.4 Å². The second-order valence-electron chi connectivity index (χ2n) is 3.67. The van der Waals surface area contributed by atoms with Crippen molar-refractivity contribution in [1.29, 1.82) is 0 Å². The van der Waals surface area contributed by atoms with Crippen molar-refractivity contribution in [1.82, 2.24) is 9.78 Å². The minimum Gasteiger partial charge on any atom is -0.296 e. The van der Waals surface area contributed by atoms with Crippen LogP contribution in [0.5, 0.6) is 0 Å². The van der Waals surface area contributed by atoms with Crippen LogP contribution in [-0.4, -0.2) is 16.1 Å². The highest BCUT2D eigenvalue weighted by Crippen LogP contribution is 2.16. The molecule has 2 rings (SSSR count). The van der Waals surface area contributed by atoms with E-state index in [-0.39, 0.29) is 5.82 Å². The van der Waals surface area contributed by atoms with E-state index < -0.39 is 0 Å². The molecule has 0 saturated heterocycles. The first kappa shape index (κ1) is 14.1. The number of nitrogens with zero attached hydrogens (tertiary/aromatic N) is 2. The third-order valence-corrected chi connectivity index (χ3v) is 2.37. The van der Waals surface area contributed by atoms with E-state index in [1.54, 1.807) is 19.1 Å². The van der Waals surface area contributed by atoms with Crippen LogP contribution in [0.4, 0.5) is 4.39 Å². The summed E-state index contributed by atoms with van der Waals surface area (Å²) in [5.41, 5.74) is 2.68.